The van der Waals surface area contributed by atoms with E-state index in [1.165, 1.54) is 11.3 Å². The van der Waals surface area contributed by atoms with Gasteiger partial charge in [-0.25, -0.2) is 15.0 Å². The van der Waals surface area contributed by atoms with Crippen molar-refractivity contribution in [3.05, 3.63) is 34.7 Å². The smallest absolute Gasteiger partial charge is 0.350 e. The average molecular weight is 397 g/mol. The van der Waals surface area contributed by atoms with E-state index < -0.39 is 11.9 Å². The molecule has 0 N–H and O–H groups in total. The van der Waals surface area contributed by atoms with Crippen molar-refractivity contribution in [1.29, 1.82) is 0 Å². The maximum absolute atomic E-state index is 13.0. The average Bonchev–Trinajstić information content (AvgIpc) is 3.33. The third kappa shape index (κ3) is 3.90. The van der Waals surface area contributed by atoms with Crippen LogP contribution in [0.3, 0.4) is 0 Å². The molecule has 0 radical (unpaired) electrons. The monoisotopic (exact) mass is 397 g/mol. The first-order chi connectivity index (χ1) is 12.9. The summed E-state index contributed by atoms with van der Waals surface area (Å²) in [6.45, 7) is 1.11. The lowest BCUT2D eigenvalue weighted by atomic mass is 10.0. The first kappa shape index (κ1) is 18.1. The Labute approximate surface area is 158 Å². The minimum absolute atomic E-state index is 0.0629. The van der Waals surface area contributed by atoms with Crippen molar-refractivity contribution in [1.82, 2.24) is 19.9 Å². The third-order valence-electron chi connectivity index (χ3n) is 4.94. The maximum Gasteiger partial charge on any atom is 0.433 e. The molecule has 1 aliphatic carbocycles. The zero-order chi connectivity index (χ0) is 19.0. The van der Waals surface area contributed by atoms with E-state index in [1.807, 2.05) is 4.90 Å². The van der Waals surface area contributed by atoms with Crippen molar-refractivity contribution in [2.45, 2.75) is 43.9 Å². The summed E-state index contributed by atoms with van der Waals surface area (Å²) in [6.07, 6.45) is -0.229. The lowest BCUT2D eigenvalue weighted by molar-refractivity contribution is -0.141. The van der Waals surface area contributed by atoms with Crippen LogP contribution in [0.1, 0.15) is 41.9 Å². The number of rotatable bonds is 4. The Bertz CT molecular complexity index is 801. The zero-order valence-electron chi connectivity index (χ0n) is 14.4. The largest absolute Gasteiger partial charge is 0.433 e. The SMILES string of the molecule is O=C(c1cscn1)N1CCC(N(c2cc(C(F)(F)F)ncn2)C2CC2)CC1. The summed E-state index contributed by atoms with van der Waals surface area (Å²) >= 11 is 1.38. The van der Waals surface area contributed by atoms with Crippen LogP contribution in [0.15, 0.2) is 23.3 Å². The normalized spacial score (nSPS) is 18.6. The third-order valence-corrected chi connectivity index (χ3v) is 5.53. The van der Waals surface area contributed by atoms with Gasteiger partial charge in [0.25, 0.3) is 5.91 Å². The van der Waals surface area contributed by atoms with Crippen LogP contribution in [0, 0.1) is 0 Å². The molecule has 0 spiro atoms. The standard InChI is InChI=1S/C17H18F3N5OS/c18-17(19,20)14-7-15(22-9-21-14)25(11-1-2-11)12-3-5-24(6-4-12)16(26)13-8-27-10-23-13/h7-12H,1-6H2. The molecule has 0 bridgehead atoms. The van der Waals surface area contributed by atoms with Gasteiger partial charge in [0.15, 0.2) is 0 Å². The predicted octanol–water partition coefficient (Wildman–Crippen LogP) is 3.23. The van der Waals surface area contributed by atoms with Crippen molar-refractivity contribution in [3.8, 4) is 0 Å². The van der Waals surface area contributed by atoms with E-state index in [-0.39, 0.29) is 18.0 Å². The van der Waals surface area contributed by atoms with Gasteiger partial charge in [0.2, 0.25) is 0 Å². The molecule has 0 aromatic carbocycles. The first-order valence-electron chi connectivity index (χ1n) is 8.78. The molecule has 4 rings (SSSR count). The number of hydrogen-bond acceptors (Lipinski definition) is 6. The molecule has 2 fully saturated rings. The second-order valence-corrected chi connectivity index (χ2v) is 7.51. The van der Waals surface area contributed by atoms with Crippen molar-refractivity contribution in [2.24, 2.45) is 0 Å². The minimum atomic E-state index is -4.49. The summed E-state index contributed by atoms with van der Waals surface area (Å²) in [5, 5.41) is 1.73. The van der Waals surface area contributed by atoms with Gasteiger partial charge in [-0.15, -0.1) is 11.3 Å². The Balaban J connectivity index is 1.48. The van der Waals surface area contributed by atoms with E-state index in [0.717, 1.165) is 25.2 Å². The number of thiazole rings is 1. The number of amides is 1. The van der Waals surface area contributed by atoms with Gasteiger partial charge in [-0.1, -0.05) is 0 Å². The number of likely N-dealkylation sites (tertiary alicyclic amines) is 1. The molecule has 6 nitrogen and oxygen atoms in total. The molecule has 2 aliphatic rings. The van der Waals surface area contributed by atoms with Crippen LogP contribution in [0.5, 0.6) is 0 Å². The highest BCUT2D eigenvalue weighted by atomic mass is 32.1. The quantitative estimate of drug-likeness (QED) is 0.793. The highest BCUT2D eigenvalue weighted by Crippen LogP contribution is 2.37. The predicted molar refractivity (Wildman–Crippen MR) is 93.6 cm³/mol. The Morgan fingerprint density at radius 2 is 1.81 bits per heavy atom. The molecular formula is C17H18F3N5OS. The van der Waals surface area contributed by atoms with Gasteiger partial charge >= 0.3 is 6.18 Å². The summed E-state index contributed by atoms with van der Waals surface area (Å²) in [6, 6.07) is 1.31. The van der Waals surface area contributed by atoms with E-state index in [9.17, 15) is 18.0 Å². The number of alkyl halides is 3. The van der Waals surface area contributed by atoms with Gasteiger partial charge in [-0.05, 0) is 25.7 Å². The van der Waals surface area contributed by atoms with Gasteiger partial charge in [-0.2, -0.15) is 13.2 Å². The highest BCUT2D eigenvalue weighted by Gasteiger charge is 2.39. The molecule has 0 atom stereocenters. The summed E-state index contributed by atoms with van der Waals surface area (Å²) in [5.41, 5.74) is 1.15. The fourth-order valence-electron chi connectivity index (χ4n) is 3.50. The summed E-state index contributed by atoms with van der Waals surface area (Å²) in [5.74, 6) is 0.234. The Kier molecular flexibility index (Phi) is 4.75. The fourth-order valence-corrected chi connectivity index (χ4v) is 4.02. The number of carbonyl (C=O) groups is 1. The van der Waals surface area contributed by atoms with Crippen LogP contribution in [0.4, 0.5) is 19.0 Å². The van der Waals surface area contributed by atoms with Crippen LogP contribution >= 0.6 is 11.3 Å². The Hall–Kier alpha value is -2.23. The highest BCUT2D eigenvalue weighted by molar-refractivity contribution is 7.07. The molecule has 3 heterocycles. The molecule has 1 aliphatic heterocycles. The molecule has 1 amide bonds. The van der Waals surface area contributed by atoms with Crippen molar-refractivity contribution in [3.63, 3.8) is 0 Å². The van der Waals surface area contributed by atoms with Crippen LogP contribution in [0.25, 0.3) is 0 Å². The van der Waals surface area contributed by atoms with Crippen LogP contribution < -0.4 is 4.90 Å². The zero-order valence-corrected chi connectivity index (χ0v) is 15.2. The molecular weight excluding hydrogens is 379 g/mol. The number of aromatic nitrogens is 3. The molecule has 2 aromatic heterocycles. The van der Waals surface area contributed by atoms with E-state index in [1.54, 1.807) is 15.8 Å². The molecule has 27 heavy (non-hydrogen) atoms. The fraction of sp³-hybridized carbons (Fsp3) is 0.529. The van der Waals surface area contributed by atoms with Gasteiger partial charge in [0.1, 0.15) is 23.5 Å². The molecule has 144 valence electrons. The summed E-state index contributed by atoms with van der Waals surface area (Å²) in [7, 11) is 0. The first-order valence-corrected chi connectivity index (χ1v) is 9.73. The molecule has 10 heteroatoms. The number of hydrogen-bond donors (Lipinski definition) is 0. The van der Waals surface area contributed by atoms with E-state index in [2.05, 4.69) is 15.0 Å². The van der Waals surface area contributed by atoms with Crippen LogP contribution in [0.2, 0.25) is 0 Å². The van der Waals surface area contributed by atoms with Gasteiger partial charge in [-0.3, -0.25) is 4.79 Å². The Morgan fingerprint density at radius 3 is 2.41 bits per heavy atom. The lowest BCUT2D eigenvalue weighted by Gasteiger charge is -2.39. The minimum Gasteiger partial charge on any atom is -0.350 e. The number of halogens is 3. The Morgan fingerprint density at radius 1 is 1.11 bits per heavy atom. The van der Waals surface area contributed by atoms with Gasteiger partial charge in [0.05, 0.1) is 5.51 Å². The number of anilines is 1. The second-order valence-electron chi connectivity index (χ2n) is 6.79. The number of carbonyl (C=O) groups excluding carboxylic acids is 1. The summed E-state index contributed by atoms with van der Waals surface area (Å²) in [4.78, 5) is 27.7. The van der Waals surface area contributed by atoms with E-state index in [0.29, 0.717) is 37.4 Å². The van der Waals surface area contributed by atoms with Crippen molar-refractivity contribution in [2.75, 3.05) is 18.0 Å². The molecule has 2 aromatic rings. The van der Waals surface area contributed by atoms with E-state index in [4.69, 9.17) is 0 Å². The molecule has 1 saturated carbocycles. The summed E-state index contributed by atoms with van der Waals surface area (Å²) < 4.78 is 39.0. The van der Waals surface area contributed by atoms with Crippen molar-refractivity contribution < 1.29 is 18.0 Å². The van der Waals surface area contributed by atoms with Crippen molar-refractivity contribution >= 4 is 23.1 Å². The topological polar surface area (TPSA) is 62.2 Å². The lowest BCUT2D eigenvalue weighted by Crippen LogP contribution is -2.48. The molecule has 1 saturated heterocycles. The van der Waals surface area contributed by atoms with Gasteiger partial charge in [0, 0.05) is 36.6 Å². The number of nitrogens with zero attached hydrogens (tertiary/aromatic N) is 5. The van der Waals surface area contributed by atoms with E-state index >= 15 is 0 Å². The van der Waals surface area contributed by atoms with Crippen LogP contribution in [-0.2, 0) is 6.18 Å². The second kappa shape index (κ2) is 7.06. The maximum atomic E-state index is 13.0. The number of piperidine rings is 1. The molecule has 0 unspecified atom stereocenters. The van der Waals surface area contributed by atoms with Gasteiger partial charge < -0.3 is 9.80 Å². The van der Waals surface area contributed by atoms with Crippen LogP contribution in [-0.4, -0.2) is 50.9 Å².